The van der Waals surface area contributed by atoms with E-state index in [9.17, 15) is 19.5 Å². The number of carbonyl (C=O) groups is 3. The average Bonchev–Trinajstić information content (AvgIpc) is 2.76. The molecule has 0 radical (unpaired) electrons. The van der Waals surface area contributed by atoms with E-state index in [0.717, 1.165) is 11.1 Å². The Bertz CT molecular complexity index is 1020. The molecule has 30 heavy (non-hydrogen) atoms. The Morgan fingerprint density at radius 3 is 2.57 bits per heavy atom. The molecule has 8 heteroatoms. The Kier molecular flexibility index (Phi) is 5.67. The van der Waals surface area contributed by atoms with Gasteiger partial charge < -0.3 is 15.3 Å². The van der Waals surface area contributed by atoms with Gasteiger partial charge >= 0.3 is 5.97 Å². The summed E-state index contributed by atoms with van der Waals surface area (Å²) in [4.78, 5) is 42.2. The molecule has 2 aliphatic heterocycles. The first-order valence-corrected chi connectivity index (χ1v) is 10.3. The van der Waals surface area contributed by atoms with Crippen molar-refractivity contribution in [1.29, 1.82) is 0 Å². The number of thioether (sulfide) groups is 1. The third-order valence-electron chi connectivity index (χ3n) is 4.95. The molecule has 1 saturated heterocycles. The van der Waals surface area contributed by atoms with E-state index in [4.69, 9.17) is 0 Å². The number of aliphatic carboxylic acids is 1. The molecule has 1 fully saturated rings. The van der Waals surface area contributed by atoms with E-state index >= 15 is 0 Å². The van der Waals surface area contributed by atoms with E-state index in [0.29, 0.717) is 5.57 Å². The number of hydrogen-bond donors (Lipinski definition) is 2. The van der Waals surface area contributed by atoms with Gasteiger partial charge in [-0.25, -0.2) is 4.79 Å². The maximum Gasteiger partial charge on any atom is 0.331 e. The highest BCUT2D eigenvalue weighted by molar-refractivity contribution is 8.03. The monoisotopic (exact) mass is 421 g/mol. The summed E-state index contributed by atoms with van der Waals surface area (Å²) in [5.74, 6) is -1.75. The van der Waals surface area contributed by atoms with Crippen molar-refractivity contribution in [1.82, 2.24) is 15.2 Å². The predicted octanol–water partition coefficient (Wildman–Crippen LogP) is 2.07. The van der Waals surface area contributed by atoms with Crippen molar-refractivity contribution in [3.8, 4) is 0 Å². The molecule has 3 heterocycles. The summed E-state index contributed by atoms with van der Waals surface area (Å²) in [5.41, 5.74) is 2.24. The highest BCUT2D eigenvalue weighted by Crippen LogP contribution is 2.40. The van der Waals surface area contributed by atoms with Gasteiger partial charge in [0.05, 0.1) is 6.42 Å². The van der Waals surface area contributed by atoms with Crippen molar-refractivity contribution in [2.45, 2.75) is 23.9 Å². The van der Waals surface area contributed by atoms with E-state index < -0.39 is 23.4 Å². The molecule has 2 amide bonds. The minimum Gasteiger partial charge on any atom is -0.479 e. The Morgan fingerprint density at radius 1 is 1.13 bits per heavy atom. The van der Waals surface area contributed by atoms with Gasteiger partial charge in [0.15, 0.2) is 6.04 Å². The first-order valence-electron chi connectivity index (χ1n) is 9.36. The topological polar surface area (TPSA) is 99.6 Å². The van der Waals surface area contributed by atoms with Crippen LogP contribution in [0.1, 0.15) is 11.1 Å². The molecule has 152 valence electrons. The van der Waals surface area contributed by atoms with Gasteiger partial charge in [0, 0.05) is 12.4 Å². The van der Waals surface area contributed by atoms with Crippen LogP contribution in [0.4, 0.5) is 0 Å². The van der Waals surface area contributed by atoms with Crippen LogP contribution in [0.25, 0.3) is 6.08 Å². The van der Waals surface area contributed by atoms with Crippen molar-refractivity contribution >= 4 is 35.6 Å². The maximum absolute atomic E-state index is 12.7. The fourth-order valence-electron chi connectivity index (χ4n) is 3.48. The minimum absolute atomic E-state index is 0.167. The molecule has 1 aromatic heterocycles. The first kappa shape index (κ1) is 19.9. The molecule has 0 bridgehead atoms. The number of nitrogens with zero attached hydrogens (tertiary/aromatic N) is 2. The van der Waals surface area contributed by atoms with E-state index in [2.05, 4.69) is 10.3 Å². The zero-order chi connectivity index (χ0) is 21.1. The summed E-state index contributed by atoms with van der Waals surface area (Å²) in [6, 6.07) is 11.0. The molecule has 2 aromatic rings. The van der Waals surface area contributed by atoms with Crippen molar-refractivity contribution in [2.75, 3.05) is 0 Å². The minimum atomic E-state index is -1.10. The van der Waals surface area contributed by atoms with Crippen molar-refractivity contribution in [3.05, 3.63) is 83.0 Å². The third kappa shape index (κ3) is 3.99. The summed E-state index contributed by atoms with van der Waals surface area (Å²) in [6.45, 7) is 0. The quantitative estimate of drug-likeness (QED) is 0.693. The largest absolute Gasteiger partial charge is 0.479 e. The number of pyridine rings is 1. The lowest BCUT2D eigenvalue weighted by Crippen LogP contribution is -2.73. The number of aromatic nitrogens is 1. The van der Waals surface area contributed by atoms with Gasteiger partial charge in [-0.2, -0.15) is 0 Å². The Morgan fingerprint density at radius 2 is 1.87 bits per heavy atom. The normalized spacial score (nSPS) is 22.8. The van der Waals surface area contributed by atoms with Gasteiger partial charge in [-0.3, -0.25) is 14.6 Å². The molecule has 0 aliphatic carbocycles. The number of rotatable bonds is 6. The van der Waals surface area contributed by atoms with Gasteiger partial charge in [0.25, 0.3) is 0 Å². The second kappa shape index (κ2) is 8.54. The van der Waals surface area contributed by atoms with Gasteiger partial charge in [0.2, 0.25) is 11.8 Å². The first-order chi connectivity index (χ1) is 14.5. The fraction of sp³-hybridized carbons (Fsp3) is 0.182. The second-order valence-corrected chi connectivity index (χ2v) is 7.94. The molecule has 0 spiro atoms. The molecular formula is C22H19N3O4S. The summed E-state index contributed by atoms with van der Waals surface area (Å²) in [7, 11) is 0. The number of amides is 2. The number of hydrogen-bond acceptors (Lipinski definition) is 5. The van der Waals surface area contributed by atoms with E-state index in [-0.39, 0.29) is 18.2 Å². The number of carboxylic acid groups (broad SMARTS) is 1. The van der Waals surface area contributed by atoms with Gasteiger partial charge in [-0.1, -0.05) is 42.5 Å². The van der Waals surface area contributed by atoms with E-state index in [1.165, 1.54) is 16.7 Å². The fourth-order valence-corrected chi connectivity index (χ4v) is 4.68. The van der Waals surface area contributed by atoms with Crippen LogP contribution in [0.2, 0.25) is 0 Å². The molecule has 3 atom stereocenters. The lowest BCUT2D eigenvalue weighted by molar-refractivity contribution is -0.159. The number of nitrogens with one attached hydrogen (secondary N) is 1. The number of β-lactam (4-membered cyclic amide) rings is 1. The standard InChI is InChI=1S/C22H19N3O4S/c26-17(12-15-4-2-1-3-5-15)24-18-20(27)25-19(22(28)29)16(13-30-21(18)25)7-6-14-8-10-23-11-9-14/h1-11,13,18-19,21H,12H2,(H,24,26)(H,28,29)/t18?,19?,21-/m0/s1. The summed E-state index contributed by atoms with van der Waals surface area (Å²) in [5, 5.41) is 13.8. The molecule has 4 rings (SSSR count). The molecule has 0 saturated carbocycles. The van der Waals surface area contributed by atoms with Gasteiger partial charge in [0.1, 0.15) is 11.4 Å². The van der Waals surface area contributed by atoms with Crippen molar-refractivity contribution in [2.24, 2.45) is 0 Å². The van der Waals surface area contributed by atoms with Crippen LogP contribution in [-0.4, -0.2) is 50.2 Å². The number of benzene rings is 1. The van der Waals surface area contributed by atoms with Crippen LogP contribution in [0.3, 0.4) is 0 Å². The predicted molar refractivity (Wildman–Crippen MR) is 113 cm³/mol. The SMILES string of the molecule is O=C(Cc1ccccc1)NC1C(=O)N2C(C(=O)O)C(C=Cc3ccncc3)=CS[C@@H]12. The zero-order valence-corrected chi connectivity index (χ0v) is 16.7. The van der Waals surface area contributed by atoms with E-state index in [1.54, 1.807) is 42.1 Å². The van der Waals surface area contributed by atoms with Gasteiger partial charge in [-0.05, 0) is 34.2 Å². The maximum atomic E-state index is 12.7. The second-order valence-electron chi connectivity index (χ2n) is 6.95. The Labute approximate surface area is 177 Å². The highest BCUT2D eigenvalue weighted by atomic mass is 32.2. The van der Waals surface area contributed by atoms with Crippen LogP contribution in [0.5, 0.6) is 0 Å². The van der Waals surface area contributed by atoms with Crippen LogP contribution in [0.15, 0.2) is 71.9 Å². The Hall–Kier alpha value is -3.39. The van der Waals surface area contributed by atoms with Gasteiger partial charge in [-0.15, -0.1) is 11.8 Å². The molecule has 1 aromatic carbocycles. The van der Waals surface area contributed by atoms with Crippen molar-refractivity contribution < 1.29 is 19.5 Å². The third-order valence-corrected chi connectivity index (χ3v) is 6.14. The number of carboxylic acids is 1. The average molecular weight is 421 g/mol. The van der Waals surface area contributed by atoms with Crippen LogP contribution in [-0.2, 0) is 20.8 Å². The number of carbonyl (C=O) groups excluding carboxylic acids is 2. The molecule has 2 aliphatic rings. The van der Waals surface area contributed by atoms with E-state index in [1.807, 2.05) is 30.3 Å². The molecule has 2 unspecified atom stereocenters. The van der Waals surface area contributed by atoms with Crippen LogP contribution in [0, 0.1) is 0 Å². The highest BCUT2D eigenvalue weighted by Gasteiger charge is 2.55. The summed E-state index contributed by atoms with van der Waals surface area (Å²) < 4.78 is 0. The van der Waals surface area contributed by atoms with Crippen LogP contribution < -0.4 is 5.32 Å². The lowest BCUT2D eigenvalue weighted by atomic mass is 9.97. The molecule has 7 nitrogen and oxygen atoms in total. The molecular weight excluding hydrogens is 402 g/mol. The van der Waals surface area contributed by atoms with Crippen LogP contribution >= 0.6 is 11.8 Å². The molecule has 2 N–H and O–H groups in total. The number of fused-ring (bicyclic) bond motifs is 1. The summed E-state index contributed by atoms with van der Waals surface area (Å²) >= 11 is 1.34. The Balaban J connectivity index is 1.46. The van der Waals surface area contributed by atoms with Crippen molar-refractivity contribution in [3.63, 3.8) is 0 Å². The zero-order valence-electron chi connectivity index (χ0n) is 15.8. The lowest BCUT2D eigenvalue weighted by Gasteiger charge is -2.51. The smallest absolute Gasteiger partial charge is 0.331 e. The summed E-state index contributed by atoms with van der Waals surface area (Å²) in [6.07, 6.45) is 6.95.